The number of aromatic nitrogens is 2. The first-order valence-corrected chi connectivity index (χ1v) is 11.1. The van der Waals surface area contributed by atoms with Gasteiger partial charge >= 0.3 is 0 Å². The zero-order chi connectivity index (χ0) is 20.1. The molecule has 1 saturated heterocycles. The van der Waals surface area contributed by atoms with E-state index in [2.05, 4.69) is 51.6 Å². The Morgan fingerprint density at radius 3 is 2.21 bits per heavy atom. The molecule has 2 heterocycles. The fraction of sp³-hybridized carbons (Fsp3) is 0.542. The second-order valence-corrected chi connectivity index (χ2v) is 8.60. The lowest BCUT2D eigenvalue weighted by Gasteiger charge is -2.32. The maximum Gasteiger partial charge on any atom is 0.223 e. The Hall–Kier alpha value is -2.43. The average molecular weight is 393 g/mol. The van der Waals surface area contributed by atoms with E-state index < -0.39 is 0 Å². The number of hydrogen-bond donors (Lipinski definition) is 1. The number of carbonyl (C=O) groups is 1. The molecule has 5 heteroatoms. The van der Waals surface area contributed by atoms with Crippen molar-refractivity contribution in [1.29, 1.82) is 0 Å². The van der Waals surface area contributed by atoms with Gasteiger partial charge in [-0.3, -0.25) is 4.79 Å². The zero-order valence-corrected chi connectivity index (χ0v) is 17.4. The molecule has 29 heavy (non-hydrogen) atoms. The summed E-state index contributed by atoms with van der Waals surface area (Å²) < 4.78 is 0. The minimum absolute atomic E-state index is 0.134. The highest BCUT2D eigenvalue weighted by Gasteiger charge is 2.27. The second-order valence-electron chi connectivity index (χ2n) is 8.60. The van der Waals surface area contributed by atoms with Crippen molar-refractivity contribution in [2.45, 2.75) is 64.3 Å². The third-order valence-electron chi connectivity index (χ3n) is 6.39. The van der Waals surface area contributed by atoms with E-state index in [4.69, 9.17) is 0 Å². The number of anilines is 1. The molecule has 1 aliphatic heterocycles. The molecule has 1 aromatic carbocycles. The predicted octanol–water partition coefficient (Wildman–Crippen LogP) is 4.51. The standard InChI is InChI=1S/C24H32N4O/c1-18-8-10-19(11-9-18)22-12-13-23(27-26-22)28-16-14-20(15-17-28)24(29)25-21-6-4-2-3-5-7-21/h8-13,20-21H,2-7,14-17H2,1H3,(H,25,29). The van der Waals surface area contributed by atoms with Crippen molar-refractivity contribution in [2.24, 2.45) is 5.92 Å². The van der Waals surface area contributed by atoms with E-state index in [0.717, 1.165) is 55.8 Å². The highest BCUT2D eigenvalue weighted by atomic mass is 16.1. The molecule has 0 atom stereocenters. The fourth-order valence-electron chi connectivity index (χ4n) is 4.49. The smallest absolute Gasteiger partial charge is 0.223 e. The number of hydrogen-bond acceptors (Lipinski definition) is 4. The Kier molecular flexibility index (Phi) is 6.43. The van der Waals surface area contributed by atoms with Crippen LogP contribution in [0.15, 0.2) is 36.4 Å². The van der Waals surface area contributed by atoms with Gasteiger partial charge in [0.1, 0.15) is 0 Å². The number of carbonyl (C=O) groups excluding carboxylic acids is 1. The summed E-state index contributed by atoms with van der Waals surface area (Å²) >= 11 is 0. The van der Waals surface area contributed by atoms with E-state index in [1.165, 1.54) is 31.2 Å². The quantitative estimate of drug-likeness (QED) is 0.778. The molecule has 1 N–H and O–H groups in total. The van der Waals surface area contributed by atoms with Crippen LogP contribution in [0.4, 0.5) is 5.82 Å². The molecule has 0 bridgehead atoms. The second kappa shape index (κ2) is 9.38. The van der Waals surface area contributed by atoms with Gasteiger partial charge in [0.2, 0.25) is 5.91 Å². The summed E-state index contributed by atoms with van der Waals surface area (Å²) in [7, 11) is 0. The number of benzene rings is 1. The van der Waals surface area contributed by atoms with Gasteiger partial charge in [-0.1, -0.05) is 55.5 Å². The van der Waals surface area contributed by atoms with E-state index >= 15 is 0 Å². The van der Waals surface area contributed by atoms with Gasteiger partial charge in [-0.15, -0.1) is 10.2 Å². The van der Waals surface area contributed by atoms with Gasteiger partial charge in [0.05, 0.1) is 5.69 Å². The molecule has 1 amide bonds. The maximum atomic E-state index is 12.7. The highest BCUT2D eigenvalue weighted by molar-refractivity contribution is 5.79. The molecule has 154 valence electrons. The van der Waals surface area contributed by atoms with Gasteiger partial charge in [0.25, 0.3) is 0 Å². The van der Waals surface area contributed by atoms with Crippen LogP contribution in [0.2, 0.25) is 0 Å². The molecule has 2 fully saturated rings. The molecule has 0 radical (unpaired) electrons. The average Bonchev–Trinajstić information content (AvgIpc) is 3.03. The van der Waals surface area contributed by atoms with E-state index in [1.54, 1.807) is 0 Å². The van der Waals surface area contributed by atoms with Crippen molar-refractivity contribution in [3.05, 3.63) is 42.0 Å². The maximum absolute atomic E-state index is 12.7. The molecule has 1 aromatic heterocycles. The number of amides is 1. The number of nitrogens with zero attached hydrogens (tertiary/aromatic N) is 3. The summed E-state index contributed by atoms with van der Waals surface area (Å²) in [5.41, 5.74) is 3.22. The highest BCUT2D eigenvalue weighted by Crippen LogP contribution is 2.25. The number of nitrogens with one attached hydrogen (secondary N) is 1. The minimum atomic E-state index is 0.134. The van der Waals surface area contributed by atoms with Crippen LogP contribution in [-0.2, 0) is 4.79 Å². The normalized spacial score (nSPS) is 19.0. The van der Waals surface area contributed by atoms with Crippen LogP contribution in [0.3, 0.4) is 0 Å². The molecule has 4 rings (SSSR count). The van der Waals surface area contributed by atoms with Gasteiger partial charge in [0.15, 0.2) is 5.82 Å². The SMILES string of the molecule is Cc1ccc(-c2ccc(N3CCC(C(=O)NC4CCCCCC4)CC3)nn2)cc1. The van der Waals surface area contributed by atoms with E-state index in [1.807, 2.05) is 12.1 Å². The molecule has 1 aliphatic carbocycles. The third kappa shape index (κ3) is 5.14. The molecular formula is C24H32N4O. The largest absolute Gasteiger partial charge is 0.355 e. The lowest BCUT2D eigenvalue weighted by atomic mass is 9.95. The first-order chi connectivity index (χ1) is 14.2. The Morgan fingerprint density at radius 2 is 1.59 bits per heavy atom. The Labute approximate surface area is 173 Å². The van der Waals surface area contributed by atoms with Crippen LogP contribution in [-0.4, -0.2) is 35.2 Å². The molecule has 0 unspecified atom stereocenters. The first kappa shape index (κ1) is 19.9. The molecule has 2 aliphatic rings. The summed E-state index contributed by atoms with van der Waals surface area (Å²) in [5.74, 6) is 1.30. The Morgan fingerprint density at radius 1 is 0.897 bits per heavy atom. The van der Waals surface area contributed by atoms with Crippen LogP contribution in [0.25, 0.3) is 11.3 Å². The van der Waals surface area contributed by atoms with E-state index in [0.29, 0.717) is 6.04 Å². The number of rotatable bonds is 4. The van der Waals surface area contributed by atoms with Crippen LogP contribution >= 0.6 is 0 Å². The lowest BCUT2D eigenvalue weighted by molar-refractivity contribution is -0.126. The van der Waals surface area contributed by atoms with Crippen molar-refractivity contribution in [2.75, 3.05) is 18.0 Å². The van der Waals surface area contributed by atoms with Gasteiger partial charge in [-0.05, 0) is 44.7 Å². The lowest BCUT2D eigenvalue weighted by Crippen LogP contribution is -2.44. The Bertz CT molecular complexity index is 787. The van der Waals surface area contributed by atoms with Gasteiger partial charge in [0, 0.05) is 30.6 Å². The molecular weight excluding hydrogens is 360 g/mol. The molecule has 1 saturated carbocycles. The fourth-order valence-corrected chi connectivity index (χ4v) is 4.49. The van der Waals surface area contributed by atoms with Gasteiger partial charge < -0.3 is 10.2 Å². The summed E-state index contributed by atoms with van der Waals surface area (Å²) in [4.78, 5) is 14.9. The zero-order valence-electron chi connectivity index (χ0n) is 17.4. The monoisotopic (exact) mass is 392 g/mol. The summed E-state index contributed by atoms with van der Waals surface area (Å²) in [6, 6.07) is 12.8. The van der Waals surface area contributed by atoms with Crippen LogP contribution in [0, 0.1) is 12.8 Å². The Balaban J connectivity index is 1.30. The van der Waals surface area contributed by atoms with Crippen molar-refractivity contribution >= 4 is 11.7 Å². The summed E-state index contributed by atoms with van der Waals surface area (Å²) in [6.45, 7) is 3.81. The first-order valence-electron chi connectivity index (χ1n) is 11.1. The van der Waals surface area contributed by atoms with E-state index in [-0.39, 0.29) is 11.8 Å². The van der Waals surface area contributed by atoms with Gasteiger partial charge in [-0.25, -0.2) is 0 Å². The van der Waals surface area contributed by atoms with Crippen molar-refractivity contribution < 1.29 is 4.79 Å². The minimum Gasteiger partial charge on any atom is -0.355 e. The van der Waals surface area contributed by atoms with Crippen LogP contribution in [0.1, 0.15) is 56.9 Å². The third-order valence-corrected chi connectivity index (χ3v) is 6.39. The topological polar surface area (TPSA) is 58.1 Å². The van der Waals surface area contributed by atoms with Crippen molar-refractivity contribution in [1.82, 2.24) is 15.5 Å². The molecule has 2 aromatic rings. The van der Waals surface area contributed by atoms with Crippen LogP contribution < -0.4 is 10.2 Å². The molecule has 0 spiro atoms. The summed E-state index contributed by atoms with van der Waals surface area (Å²) in [6.07, 6.45) is 9.20. The summed E-state index contributed by atoms with van der Waals surface area (Å²) in [5, 5.41) is 12.2. The van der Waals surface area contributed by atoms with Crippen LogP contribution in [0.5, 0.6) is 0 Å². The van der Waals surface area contributed by atoms with E-state index in [9.17, 15) is 4.79 Å². The number of aryl methyl sites for hydroxylation is 1. The van der Waals surface area contributed by atoms with Crippen molar-refractivity contribution in [3.63, 3.8) is 0 Å². The molecule has 5 nitrogen and oxygen atoms in total. The van der Waals surface area contributed by atoms with Crippen molar-refractivity contribution in [3.8, 4) is 11.3 Å². The predicted molar refractivity (Wildman–Crippen MR) is 117 cm³/mol. The van der Waals surface area contributed by atoms with Gasteiger partial charge in [-0.2, -0.15) is 0 Å². The number of piperidine rings is 1.